The van der Waals surface area contributed by atoms with E-state index >= 15 is 0 Å². The van der Waals surface area contributed by atoms with Gasteiger partial charge in [0.15, 0.2) is 0 Å². The molecule has 0 aliphatic heterocycles. The minimum atomic E-state index is 1.11. The van der Waals surface area contributed by atoms with Gasteiger partial charge in [-0.1, -0.05) is 13.3 Å². The molecule has 0 aromatic carbocycles. The fourth-order valence-corrected chi connectivity index (χ4v) is 0.949. The molecule has 0 unspecified atom stereocenters. The highest BCUT2D eigenvalue weighted by Crippen LogP contribution is 1.99. The molecule has 0 aliphatic rings. The van der Waals surface area contributed by atoms with Crippen molar-refractivity contribution in [2.45, 2.75) is 33.2 Å². The molecule has 1 aromatic rings. The van der Waals surface area contributed by atoms with E-state index in [4.69, 9.17) is 0 Å². The van der Waals surface area contributed by atoms with Crippen LogP contribution in [-0.4, -0.2) is 9.55 Å². The summed E-state index contributed by atoms with van der Waals surface area (Å²) in [5.74, 6) is 0. The smallest absolute Gasteiger partial charge is 0.0948 e. The fourth-order valence-electron chi connectivity index (χ4n) is 0.949. The van der Waals surface area contributed by atoms with Crippen molar-refractivity contribution in [3.8, 4) is 0 Å². The summed E-state index contributed by atoms with van der Waals surface area (Å²) in [4.78, 5) is 4.04. The van der Waals surface area contributed by atoms with Gasteiger partial charge in [-0.25, -0.2) is 4.98 Å². The second kappa shape index (κ2) is 3.40. The monoisotopic (exact) mass is 138 g/mol. The highest BCUT2D eigenvalue weighted by molar-refractivity contribution is 4.93. The second-order valence-corrected chi connectivity index (χ2v) is 2.58. The SMILES string of the molecule is CCCCn1cncc1C. The van der Waals surface area contributed by atoms with Gasteiger partial charge in [0, 0.05) is 18.4 Å². The van der Waals surface area contributed by atoms with E-state index in [0.29, 0.717) is 0 Å². The average molecular weight is 138 g/mol. The zero-order valence-electron chi connectivity index (χ0n) is 6.67. The maximum absolute atomic E-state index is 4.04. The average Bonchev–Trinajstić information content (AvgIpc) is 2.31. The van der Waals surface area contributed by atoms with Crippen LogP contribution < -0.4 is 0 Å². The first-order valence-electron chi connectivity index (χ1n) is 3.81. The Morgan fingerprint density at radius 2 is 2.40 bits per heavy atom. The third kappa shape index (κ3) is 1.59. The Hall–Kier alpha value is -0.790. The molecular formula is C8H14N2. The maximum Gasteiger partial charge on any atom is 0.0948 e. The summed E-state index contributed by atoms with van der Waals surface area (Å²) in [6, 6.07) is 0. The van der Waals surface area contributed by atoms with Gasteiger partial charge in [-0.3, -0.25) is 0 Å². The zero-order chi connectivity index (χ0) is 7.40. The zero-order valence-corrected chi connectivity index (χ0v) is 6.67. The topological polar surface area (TPSA) is 17.8 Å². The summed E-state index contributed by atoms with van der Waals surface area (Å²) < 4.78 is 2.18. The lowest BCUT2D eigenvalue weighted by atomic mass is 10.3. The van der Waals surface area contributed by atoms with Crippen molar-refractivity contribution >= 4 is 0 Å². The van der Waals surface area contributed by atoms with Gasteiger partial charge in [-0.2, -0.15) is 0 Å². The summed E-state index contributed by atoms with van der Waals surface area (Å²) in [5, 5.41) is 0. The standard InChI is InChI=1S/C8H14N2/c1-3-4-5-10-7-9-6-8(10)2/h6-7H,3-5H2,1-2H3. The predicted molar refractivity (Wildman–Crippen MR) is 41.9 cm³/mol. The summed E-state index contributed by atoms with van der Waals surface area (Å²) in [6.07, 6.45) is 6.29. The van der Waals surface area contributed by atoms with Crippen molar-refractivity contribution in [1.82, 2.24) is 9.55 Å². The van der Waals surface area contributed by atoms with E-state index in [0.717, 1.165) is 6.54 Å². The van der Waals surface area contributed by atoms with Crippen LogP contribution in [0.15, 0.2) is 12.5 Å². The minimum absolute atomic E-state index is 1.11. The third-order valence-electron chi connectivity index (χ3n) is 1.67. The van der Waals surface area contributed by atoms with Gasteiger partial charge in [0.05, 0.1) is 6.33 Å². The quantitative estimate of drug-likeness (QED) is 0.624. The van der Waals surface area contributed by atoms with Crippen molar-refractivity contribution in [3.63, 3.8) is 0 Å². The summed E-state index contributed by atoms with van der Waals surface area (Å²) >= 11 is 0. The van der Waals surface area contributed by atoms with Gasteiger partial charge >= 0.3 is 0 Å². The van der Waals surface area contributed by atoms with E-state index in [-0.39, 0.29) is 0 Å². The van der Waals surface area contributed by atoms with Gasteiger partial charge in [-0.05, 0) is 13.3 Å². The first-order valence-corrected chi connectivity index (χ1v) is 3.81. The van der Waals surface area contributed by atoms with Crippen LogP contribution in [0.1, 0.15) is 25.5 Å². The first kappa shape index (κ1) is 7.32. The molecule has 0 saturated heterocycles. The maximum atomic E-state index is 4.04. The van der Waals surface area contributed by atoms with Crippen LogP contribution in [0.2, 0.25) is 0 Å². The van der Waals surface area contributed by atoms with Crippen molar-refractivity contribution in [1.29, 1.82) is 0 Å². The Labute approximate surface area is 61.9 Å². The van der Waals surface area contributed by atoms with Gasteiger partial charge < -0.3 is 4.57 Å². The molecular weight excluding hydrogens is 124 g/mol. The molecule has 1 rings (SSSR count). The largest absolute Gasteiger partial charge is 0.335 e. The van der Waals surface area contributed by atoms with Crippen LogP contribution in [0.25, 0.3) is 0 Å². The lowest BCUT2D eigenvalue weighted by molar-refractivity contribution is 0.619. The highest BCUT2D eigenvalue weighted by atomic mass is 15.0. The normalized spacial score (nSPS) is 10.2. The lowest BCUT2D eigenvalue weighted by Gasteiger charge is -2.01. The van der Waals surface area contributed by atoms with Gasteiger partial charge in [0.25, 0.3) is 0 Å². The molecule has 1 aromatic heterocycles. The van der Waals surface area contributed by atoms with Crippen LogP contribution in [0.3, 0.4) is 0 Å². The van der Waals surface area contributed by atoms with Crippen molar-refractivity contribution in [2.24, 2.45) is 0 Å². The Balaban J connectivity index is 2.49. The van der Waals surface area contributed by atoms with Crippen LogP contribution in [0.5, 0.6) is 0 Å². The molecule has 0 aliphatic carbocycles. The molecule has 2 nitrogen and oxygen atoms in total. The molecule has 56 valence electrons. The van der Waals surface area contributed by atoms with Gasteiger partial charge in [0.2, 0.25) is 0 Å². The summed E-state index contributed by atoms with van der Waals surface area (Å²) in [6.45, 7) is 5.40. The number of unbranched alkanes of at least 4 members (excludes halogenated alkanes) is 1. The van der Waals surface area contributed by atoms with Crippen molar-refractivity contribution in [3.05, 3.63) is 18.2 Å². The Morgan fingerprint density at radius 1 is 1.60 bits per heavy atom. The van der Waals surface area contributed by atoms with Crippen LogP contribution in [0, 0.1) is 6.92 Å². The van der Waals surface area contributed by atoms with Crippen molar-refractivity contribution in [2.75, 3.05) is 0 Å². The van der Waals surface area contributed by atoms with Crippen LogP contribution >= 0.6 is 0 Å². The summed E-state index contributed by atoms with van der Waals surface area (Å²) in [7, 11) is 0. The molecule has 0 N–H and O–H groups in total. The molecule has 0 fully saturated rings. The fraction of sp³-hybridized carbons (Fsp3) is 0.625. The number of aryl methyl sites for hydroxylation is 2. The molecule has 0 amide bonds. The molecule has 0 bridgehead atoms. The second-order valence-electron chi connectivity index (χ2n) is 2.58. The Morgan fingerprint density at radius 3 is 2.90 bits per heavy atom. The number of rotatable bonds is 3. The minimum Gasteiger partial charge on any atom is -0.335 e. The van der Waals surface area contributed by atoms with E-state index in [9.17, 15) is 0 Å². The molecule has 0 saturated carbocycles. The molecule has 10 heavy (non-hydrogen) atoms. The number of hydrogen-bond acceptors (Lipinski definition) is 1. The van der Waals surface area contributed by atoms with Crippen LogP contribution in [-0.2, 0) is 6.54 Å². The van der Waals surface area contributed by atoms with E-state index in [2.05, 4.69) is 23.4 Å². The summed E-state index contributed by atoms with van der Waals surface area (Å²) in [5.41, 5.74) is 1.26. The highest BCUT2D eigenvalue weighted by Gasteiger charge is 1.92. The number of aromatic nitrogens is 2. The number of imidazole rings is 1. The molecule has 0 spiro atoms. The molecule has 1 heterocycles. The van der Waals surface area contributed by atoms with E-state index in [1.54, 1.807) is 0 Å². The Kier molecular flexibility index (Phi) is 2.49. The van der Waals surface area contributed by atoms with E-state index in [1.807, 2.05) is 12.5 Å². The van der Waals surface area contributed by atoms with Gasteiger partial charge in [-0.15, -0.1) is 0 Å². The van der Waals surface area contributed by atoms with Crippen molar-refractivity contribution < 1.29 is 0 Å². The lowest BCUT2D eigenvalue weighted by Crippen LogP contribution is -1.97. The molecule has 2 heteroatoms. The van der Waals surface area contributed by atoms with Gasteiger partial charge in [0.1, 0.15) is 0 Å². The first-order chi connectivity index (χ1) is 4.84. The number of nitrogens with zero attached hydrogens (tertiary/aromatic N) is 2. The Bertz CT molecular complexity index is 191. The third-order valence-corrected chi connectivity index (χ3v) is 1.67. The predicted octanol–water partition coefficient (Wildman–Crippen LogP) is 1.99. The van der Waals surface area contributed by atoms with Crippen LogP contribution in [0.4, 0.5) is 0 Å². The molecule has 0 atom stereocenters. The van der Waals surface area contributed by atoms with E-state index in [1.165, 1.54) is 18.5 Å². The van der Waals surface area contributed by atoms with E-state index < -0.39 is 0 Å². The molecule has 0 radical (unpaired) electrons. The number of hydrogen-bond donors (Lipinski definition) is 0.